The maximum absolute atomic E-state index is 14.9. The second-order valence-electron chi connectivity index (χ2n) is 14.1. The number of methoxy groups -OCH3 is 1. The topological polar surface area (TPSA) is 171 Å². The number of nitrogens with one attached hydrogen (secondary N) is 1. The minimum absolute atomic E-state index is 0.00608. The summed E-state index contributed by atoms with van der Waals surface area (Å²) in [5.74, 6) is -1.45. The third kappa shape index (κ3) is 6.32. The van der Waals surface area contributed by atoms with E-state index >= 15 is 0 Å². The molecule has 0 radical (unpaired) electrons. The van der Waals surface area contributed by atoms with Gasteiger partial charge in [0.05, 0.1) is 25.4 Å². The summed E-state index contributed by atoms with van der Waals surface area (Å²) in [5, 5.41) is 18.8. The zero-order valence-electron chi connectivity index (χ0n) is 28.3. The Bertz CT molecular complexity index is 1920. The number of aliphatic hydroxyl groups is 1. The zero-order chi connectivity index (χ0) is 36.4. The van der Waals surface area contributed by atoms with Crippen molar-refractivity contribution in [2.24, 2.45) is 5.73 Å². The van der Waals surface area contributed by atoms with E-state index < -0.39 is 52.9 Å². The molecule has 13 nitrogen and oxygen atoms in total. The average Bonchev–Trinajstić information content (AvgIpc) is 3.72. The number of pyridine rings is 1. The van der Waals surface area contributed by atoms with E-state index in [1.807, 2.05) is 0 Å². The first-order chi connectivity index (χ1) is 23.3. The van der Waals surface area contributed by atoms with Crippen LogP contribution in [-0.4, -0.2) is 87.8 Å². The summed E-state index contributed by atoms with van der Waals surface area (Å²) < 4.78 is 63.3. The van der Waals surface area contributed by atoms with Crippen molar-refractivity contribution in [3.05, 3.63) is 53.0 Å². The van der Waals surface area contributed by atoms with Crippen LogP contribution < -0.4 is 20.5 Å². The molecule has 1 unspecified atom stereocenters. The predicted molar refractivity (Wildman–Crippen MR) is 174 cm³/mol. The van der Waals surface area contributed by atoms with Gasteiger partial charge in [-0.05, 0) is 70.7 Å². The van der Waals surface area contributed by atoms with Gasteiger partial charge in [0.15, 0.2) is 0 Å². The number of amides is 3. The molecule has 1 fully saturated rings. The highest BCUT2D eigenvalue weighted by atomic mass is 19.4. The summed E-state index contributed by atoms with van der Waals surface area (Å²) in [4.78, 5) is 44.3. The number of carbonyl (C=O) groups excluding carboxylic acids is 3. The first-order valence-corrected chi connectivity index (χ1v) is 16.1. The summed E-state index contributed by atoms with van der Waals surface area (Å²) in [7, 11) is 1.40. The number of hydrogen-bond donors (Lipinski definition) is 3. The number of halogens is 3. The van der Waals surface area contributed by atoms with E-state index in [0.29, 0.717) is 16.5 Å². The van der Waals surface area contributed by atoms with Gasteiger partial charge in [-0.2, -0.15) is 18.3 Å². The quantitative estimate of drug-likeness (QED) is 0.313. The van der Waals surface area contributed by atoms with Crippen LogP contribution in [0, 0.1) is 0 Å². The Hall–Kier alpha value is -4.86. The van der Waals surface area contributed by atoms with Crippen LogP contribution in [0.2, 0.25) is 0 Å². The number of primary amides is 1. The van der Waals surface area contributed by atoms with Gasteiger partial charge >= 0.3 is 12.3 Å². The molecule has 1 saturated carbocycles. The van der Waals surface area contributed by atoms with Gasteiger partial charge in [0, 0.05) is 35.8 Å². The molecule has 3 amide bonds. The highest BCUT2D eigenvalue weighted by Gasteiger charge is 2.58. The molecule has 2 atom stereocenters. The first-order valence-electron chi connectivity index (χ1n) is 16.1. The highest BCUT2D eigenvalue weighted by Crippen LogP contribution is 2.47. The Labute approximate surface area is 285 Å². The summed E-state index contributed by atoms with van der Waals surface area (Å²) in [6.07, 6.45) is -0.474. The number of ether oxygens (including phenoxy) is 3. The highest BCUT2D eigenvalue weighted by molar-refractivity contribution is 6.00. The maximum Gasteiger partial charge on any atom is 0.424 e. The van der Waals surface area contributed by atoms with Crippen LogP contribution >= 0.6 is 0 Å². The van der Waals surface area contributed by atoms with Crippen LogP contribution in [0.4, 0.5) is 18.0 Å². The van der Waals surface area contributed by atoms with E-state index in [-0.39, 0.29) is 60.5 Å². The zero-order valence-corrected chi connectivity index (χ0v) is 28.3. The Morgan fingerprint density at radius 3 is 2.48 bits per heavy atom. The van der Waals surface area contributed by atoms with Crippen molar-refractivity contribution in [2.45, 2.75) is 75.8 Å². The molecule has 268 valence electrons. The Morgan fingerprint density at radius 1 is 1.18 bits per heavy atom. The van der Waals surface area contributed by atoms with Crippen molar-refractivity contribution < 1.29 is 46.9 Å². The molecule has 0 saturated heterocycles. The molecule has 3 aliphatic rings. The van der Waals surface area contributed by atoms with Gasteiger partial charge in [-0.3, -0.25) is 14.3 Å². The van der Waals surface area contributed by atoms with E-state index in [2.05, 4.69) is 15.4 Å². The Morgan fingerprint density at radius 2 is 1.90 bits per heavy atom. The van der Waals surface area contributed by atoms with E-state index in [1.165, 1.54) is 31.1 Å². The van der Waals surface area contributed by atoms with Crippen LogP contribution in [0.1, 0.15) is 80.3 Å². The third-order valence-corrected chi connectivity index (χ3v) is 9.17. The van der Waals surface area contributed by atoms with Gasteiger partial charge in [-0.25, -0.2) is 9.78 Å². The average molecular weight is 701 g/mol. The number of aromatic nitrogens is 3. The van der Waals surface area contributed by atoms with Gasteiger partial charge in [0.25, 0.3) is 5.91 Å². The molecular formula is C34H39F3N6O7. The van der Waals surface area contributed by atoms with Crippen molar-refractivity contribution in [2.75, 3.05) is 33.4 Å². The molecule has 0 bridgehead atoms. The van der Waals surface area contributed by atoms with E-state index in [1.54, 1.807) is 37.7 Å². The number of nitrogens with zero attached hydrogens (tertiary/aromatic N) is 4. The van der Waals surface area contributed by atoms with Crippen molar-refractivity contribution in [1.82, 2.24) is 25.0 Å². The van der Waals surface area contributed by atoms with Crippen LogP contribution in [0.5, 0.6) is 11.5 Å². The van der Waals surface area contributed by atoms with E-state index in [0.717, 1.165) is 18.9 Å². The molecular weight excluding hydrogens is 661 g/mol. The van der Waals surface area contributed by atoms with Gasteiger partial charge in [0.2, 0.25) is 11.5 Å². The number of benzene rings is 1. The van der Waals surface area contributed by atoms with E-state index in [9.17, 15) is 32.7 Å². The van der Waals surface area contributed by atoms with Gasteiger partial charge < -0.3 is 35.3 Å². The molecule has 1 aliphatic carbocycles. The molecule has 50 heavy (non-hydrogen) atoms. The minimum Gasteiger partial charge on any atom is -0.494 e. The molecule has 0 spiro atoms. The first kappa shape index (κ1) is 35.0. The SMILES string of the molecule is COc1cc(C(=O)NCC(O)(c2cc3c(c(C4=CCN(C(=O)OC(C)(C)C)CC4)n2)OC[C@]3(C)C(N)=O)C(F)(F)F)cc2cn(C3CC3)nc12. The second-order valence-corrected chi connectivity index (χ2v) is 14.1. The lowest BCUT2D eigenvalue weighted by molar-refractivity contribution is -0.265. The number of nitrogens with two attached hydrogens (primary N) is 1. The largest absolute Gasteiger partial charge is 0.494 e. The summed E-state index contributed by atoms with van der Waals surface area (Å²) in [6, 6.07) is 4.05. The molecule has 2 aromatic heterocycles. The summed E-state index contributed by atoms with van der Waals surface area (Å²) in [6.45, 7) is 5.24. The molecule has 1 aromatic carbocycles. The maximum atomic E-state index is 14.9. The third-order valence-electron chi connectivity index (χ3n) is 9.17. The van der Waals surface area contributed by atoms with Crippen LogP contribution in [0.3, 0.4) is 0 Å². The molecule has 3 aromatic rings. The smallest absolute Gasteiger partial charge is 0.424 e. The summed E-state index contributed by atoms with van der Waals surface area (Å²) in [5.41, 5.74) is -0.269. The standard InChI is InChI=1S/C34H39F3N6O7/c1-31(2,3)50-30(46)42-10-8-18(9-11-42)26-27-22(32(4,17-49-27)29(38)45)14-24(40-26)33(47,34(35,36)37)16-39-28(44)19-12-20-15-43(21-6-7-21)41-25(20)23(13-19)48-5/h8,12-15,21,47H,6-7,9-11,16-17H2,1-5H3,(H2,38,45)(H,39,44)/t32-,33?/m0/s1. The number of carbonyl (C=O) groups is 3. The fourth-order valence-electron chi connectivity index (χ4n) is 5.97. The number of fused-ring (bicyclic) bond motifs is 2. The van der Waals surface area contributed by atoms with Crippen molar-refractivity contribution >= 4 is 34.4 Å². The lowest BCUT2D eigenvalue weighted by Gasteiger charge is -2.32. The Kier molecular flexibility index (Phi) is 8.52. The van der Waals surface area contributed by atoms with Gasteiger partial charge in [0.1, 0.15) is 40.3 Å². The van der Waals surface area contributed by atoms with Crippen molar-refractivity contribution in [3.8, 4) is 11.5 Å². The van der Waals surface area contributed by atoms with Crippen LogP contribution in [0.15, 0.2) is 30.5 Å². The Balaban J connectivity index is 1.35. The van der Waals surface area contributed by atoms with E-state index in [4.69, 9.17) is 19.9 Å². The monoisotopic (exact) mass is 700 g/mol. The lowest BCUT2D eigenvalue weighted by atomic mass is 9.81. The molecule has 16 heteroatoms. The van der Waals surface area contributed by atoms with Gasteiger partial charge in [-0.1, -0.05) is 6.08 Å². The molecule has 4 heterocycles. The fourth-order valence-corrected chi connectivity index (χ4v) is 5.97. The van der Waals surface area contributed by atoms with Crippen LogP contribution in [0.25, 0.3) is 16.5 Å². The second kappa shape index (κ2) is 12.2. The number of hydrogen-bond acceptors (Lipinski definition) is 9. The molecule has 2 aliphatic heterocycles. The number of alkyl halides is 3. The lowest BCUT2D eigenvalue weighted by Crippen LogP contribution is -2.52. The molecule has 4 N–H and O–H groups in total. The minimum atomic E-state index is -5.34. The molecule has 6 rings (SSSR count). The predicted octanol–water partition coefficient (Wildman–Crippen LogP) is 4.11. The fraction of sp³-hybridized carbons (Fsp3) is 0.500. The van der Waals surface area contributed by atoms with Gasteiger partial charge in [-0.15, -0.1) is 0 Å². The summed E-state index contributed by atoms with van der Waals surface area (Å²) >= 11 is 0. The van der Waals surface area contributed by atoms with Crippen molar-refractivity contribution in [3.63, 3.8) is 0 Å². The van der Waals surface area contributed by atoms with Crippen molar-refractivity contribution in [1.29, 1.82) is 0 Å². The van der Waals surface area contributed by atoms with Crippen LogP contribution in [-0.2, 0) is 20.5 Å². The number of rotatable bonds is 8. The normalized spacial score (nSPS) is 20.4.